The lowest BCUT2D eigenvalue weighted by Crippen LogP contribution is -2.01. The highest BCUT2D eigenvalue weighted by Crippen LogP contribution is 2.40. The van der Waals surface area contributed by atoms with Gasteiger partial charge < -0.3 is 15.8 Å². The van der Waals surface area contributed by atoms with Crippen molar-refractivity contribution in [2.24, 2.45) is 0 Å². The molecule has 0 aliphatic heterocycles. The summed E-state index contributed by atoms with van der Waals surface area (Å²) >= 11 is 1.43. The number of fused-ring (bicyclic) bond motifs is 1. The molecule has 0 saturated carbocycles. The topological polar surface area (TPSA) is 77.2 Å². The Bertz CT molecular complexity index is 719. The van der Waals surface area contributed by atoms with Gasteiger partial charge >= 0.3 is 0 Å². The van der Waals surface area contributed by atoms with Gasteiger partial charge in [-0.1, -0.05) is 11.3 Å². The van der Waals surface area contributed by atoms with Crippen molar-refractivity contribution in [3.05, 3.63) is 29.1 Å². The van der Waals surface area contributed by atoms with Crippen LogP contribution in [0.25, 0.3) is 10.2 Å². The molecule has 0 atom stereocenters. The smallest absolute Gasteiger partial charge is 0.154 e. The van der Waals surface area contributed by atoms with Gasteiger partial charge in [0.25, 0.3) is 0 Å². The number of ketones is 1. The molecule has 0 amide bonds. The van der Waals surface area contributed by atoms with Gasteiger partial charge in [0.15, 0.2) is 5.78 Å². The van der Waals surface area contributed by atoms with E-state index < -0.39 is 0 Å². The van der Waals surface area contributed by atoms with Crippen LogP contribution in [0.15, 0.2) is 17.8 Å². The molecule has 5 nitrogen and oxygen atoms in total. The fourth-order valence-corrected chi connectivity index (χ4v) is 3.25. The molecule has 0 aliphatic carbocycles. The fourth-order valence-electron chi connectivity index (χ4n) is 2.26. The molecule has 0 bridgehead atoms. The van der Waals surface area contributed by atoms with Gasteiger partial charge in [-0.15, -0.1) is 0 Å². The third-order valence-corrected chi connectivity index (χ3v) is 3.85. The molecule has 2 rings (SSSR count). The SMILES string of the molecule is COCc1cc(C)nc2sc(N)c(N/C(C)=C\C(C)=O)c12. The number of aromatic nitrogens is 1. The van der Waals surface area contributed by atoms with Crippen molar-refractivity contribution in [1.29, 1.82) is 0 Å². The Kier molecular flexibility index (Phi) is 4.59. The molecule has 6 heteroatoms. The maximum atomic E-state index is 11.2. The van der Waals surface area contributed by atoms with Gasteiger partial charge in [0, 0.05) is 23.9 Å². The second-order valence-corrected chi connectivity index (χ2v) is 5.97. The first kappa shape index (κ1) is 15.5. The van der Waals surface area contributed by atoms with E-state index in [0.29, 0.717) is 11.6 Å². The van der Waals surface area contributed by atoms with E-state index >= 15 is 0 Å². The zero-order chi connectivity index (χ0) is 15.6. The monoisotopic (exact) mass is 305 g/mol. The summed E-state index contributed by atoms with van der Waals surface area (Å²) in [6, 6.07) is 1.99. The summed E-state index contributed by atoms with van der Waals surface area (Å²) in [5.74, 6) is -0.0100. The number of nitrogens with two attached hydrogens (primary N) is 1. The van der Waals surface area contributed by atoms with E-state index in [0.717, 1.165) is 32.9 Å². The number of carbonyl (C=O) groups excluding carboxylic acids is 1. The third-order valence-electron chi connectivity index (χ3n) is 2.94. The number of anilines is 2. The van der Waals surface area contributed by atoms with Crippen molar-refractivity contribution in [3.63, 3.8) is 0 Å². The highest BCUT2D eigenvalue weighted by Gasteiger charge is 2.16. The predicted molar refractivity (Wildman–Crippen MR) is 87.5 cm³/mol. The quantitative estimate of drug-likeness (QED) is 0.829. The number of ether oxygens (including phenoxy) is 1. The summed E-state index contributed by atoms with van der Waals surface area (Å²) < 4.78 is 5.26. The van der Waals surface area contributed by atoms with Crippen molar-refractivity contribution in [2.45, 2.75) is 27.4 Å². The molecule has 0 aromatic carbocycles. The largest absolute Gasteiger partial charge is 0.389 e. The van der Waals surface area contributed by atoms with Crippen LogP contribution in [-0.2, 0) is 16.1 Å². The lowest BCUT2D eigenvalue weighted by Gasteiger charge is -2.09. The van der Waals surface area contributed by atoms with E-state index in [1.807, 2.05) is 19.9 Å². The van der Waals surface area contributed by atoms with Crippen molar-refractivity contribution >= 4 is 38.0 Å². The molecule has 21 heavy (non-hydrogen) atoms. The number of allylic oxidation sites excluding steroid dienone is 2. The molecule has 0 saturated heterocycles. The lowest BCUT2D eigenvalue weighted by molar-refractivity contribution is -0.112. The molecule has 3 N–H and O–H groups in total. The summed E-state index contributed by atoms with van der Waals surface area (Å²) in [4.78, 5) is 16.6. The van der Waals surface area contributed by atoms with E-state index in [-0.39, 0.29) is 5.78 Å². The number of thiophene rings is 1. The zero-order valence-electron chi connectivity index (χ0n) is 12.6. The molecule has 0 spiro atoms. The van der Waals surface area contributed by atoms with Gasteiger partial charge in [-0.25, -0.2) is 4.98 Å². The molecular formula is C15H19N3O2S. The first-order valence-corrected chi connectivity index (χ1v) is 7.37. The Hall–Kier alpha value is -1.92. The van der Waals surface area contributed by atoms with E-state index in [2.05, 4.69) is 10.3 Å². The van der Waals surface area contributed by atoms with Gasteiger partial charge in [-0.2, -0.15) is 0 Å². The Morgan fingerprint density at radius 3 is 2.86 bits per heavy atom. The molecule has 2 aromatic rings. The van der Waals surface area contributed by atoms with Crippen LogP contribution in [-0.4, -0.2) is 17.9 Å². The molecular weight excluding hydrogens is 286 g/mol. The number of pyridine rings is 1. The summed E-state index contributed by atoms with van der Waals surface area (Å²) in [6.45, 7) is 5.78. The van der Waals surface area contributed by atoms with Crippen LogP contribution in [0.3, 0.4) is 0 Å². The number of nitrogens with one attached hydrogen (secondary N) is 1. The highest BCUT2D eigenvalue weighted by molar-refractivity contribution is 7.23. The zero-order valence-corrected chi connectivity index (χ0v) is 13.4. The number of nitrogens with zero attached hydrogens (tertiary/aromatic N) is 1. The highest BCUT2D eigenvalue weighted by atomic mass is 32.1. The third kappa shape index (κ3) is 3.40. The maximum absolute atomic E-state index is 11.2. The maximum Gasteiger partial charge on any atom is 0.154 e. The minimum absolute atomic E-state index is 0.0100. The predicted octanol–water partition coefficient (Wildman–Crippen LogP) is 3.24. The van der Waals surface area contributed by atoms with Gasteiger partial charge in [0.1, 0.15) is 9.83 Å². The van der Waals surface area contributed by atoms with Gasteiger partial charge in [-0.05, 0) is 38.5 Å². The average molecular weight is 305 g/mol. The molecule has 112 valence electrons. The second-order valence-electron chi connectivity index (χ2n) is 4.94. The minimum Gasteiger partial charge on any atom is -0.389 e. The Labute approximate surface area is 127 Å². The van der Waals surface area contributed by atoms with Crippen LogP contribution in [0.4, 0.5) is 10.7 Å². The van der Waals surface area contributed by atoms with Crippen LogP contribution in [0.2, 0.25) is 0 Å². The molecule has 0 fully saturated rings. The first-order valence-electron chi connectivity index (χ1n) is 6.55. The van der Waals surface area contributed by atoms with Crippen LogP contribution in [0.5, 0.6) is 0 Å². The van der Waals surface area contributed by atoms with E-state index in [1.165, 1.54) is 18.3 Å². The van der Waals surface area contributed by atoms with Crippen LogP contribution >= 0.6 is 11.3 Å². The van der Waals surface area contributed by atoms with Crippen LogP contribution in [0.1, 0.15) is 25.1 Å². The van der Waals surface area contributed by atoms with Gasteiger partial charge in [0.2, 0.25) is 0 Å². The first-order chi connectivity index (χ1) is 9.92. The summed E-state index contributed by atoms with van der Waals surface area (Å²) in [5.41, 5.74) is 9.62. The Morgan fingerprint density at radius 2 is 2.24 bits per heavy atom. The number of carbonyl (C=O) groups is 1. The number of hydrogen-bond donors (Lipinski definition) is 2. The van der Waals surface area contributed by atoms with Crippen LogP contribution in [0, 0.1) is 6.92 Å². The molecule has 0 radical (unpaired) electrons. The van der Waals surface area contributed by atoms with Crippen molar-refractivity contribution < 1.29 is 9.53 Å². The standard InChI is InChI=1S/C15H19N3O2S/c1-8(5-10(3)19)17-13-12-11(7-20-4)6-9(2)18-15(12)21-14(13)16/h5-6,17H,7,16H2,1-4H3/b8-5-. The number of aryl methyl sites for hydroxylation is 1. The summed E-state index contributed by atoms with van der Waals surface area (Å²) in [5, 5.41) is 4.82. The van der Waals surface area contributed by atoms with Crippen molar-refractivity contribution in [2.75, 3.05) is 18.2 Å². The number of nitrogen functional groups attached to an aromatic ring is 1. The minimum atomic E-state index is -0.0100. The second kappa shape index (κ2) is 6.24. The number of methoxy groups -OCH3 is 1. The normalized spacial score (nSPS) is 11.9. The van der Waals surface area contributed by atoms with Gasteiger partial charge in [-0.3, -0.25) is 4.79 Å². The number of hydrogen-bond acceptors (Lipinski definition) is 6. The Morgan fingerprint density at radius 1 is 1.52 bits per heavy atom. The van der Waals surface area contributed by atoms with Crippen LogP contribution < -0.4 is 11.1 Å². The molecule has 0 unspecified atom stereocenters. The average Bonchev–Trinajstić information content (AvgIpc) is 2.64. The number of rotatable bonds is 5. The summed E-state index contributed by atoms with van der Waals surface area (Å²) in [6.07, 6.45) is 1.54. The fraction of sp³-hybridized carbons (Fsp3) is 0.333. The van der Waals surface area contributed by atoms with E-state index in [4.69, 9.17) is 10.5 Å². The Balaban J connectivity index is 2.57. The van der Waals surface area contributed by atoms with E-state index in [9.17, 15) is 4.79 Å². The molecule has 0 aliphatic rings. The molecule has 2 heterocycles. The summed E-state index contributed by atoms with van der Waals surface area (Å²) in [7, 11) is 1.66. The molecule has 2 aromatic heterocycles. The van der Waals surface area contributed by atoms with Crippen molar-refractivity contribution in [1.82, 2.24) is 4.98 Å². The van der Waals surface area contributed by atoms with E-state index in [1.54, 1.807) is 13.2 Å². The van der Waals surface area contributed by atoms with Gasteiger partial charge in [0.05, 0.1) is 12.3 Å². The lowest BCUT2D eigenvalue weighted by atomic mass is 10.1. The van der Waals surface area contributed by atoms with Crippen molar-refractivity contribution in [3.8, 4) is 0 Å².